The molecule has 1 N–H and O–H groups in total. The summed E-state index contributed by atoms with van der Waals surface area (Å²) in [7, 11) is -3.74. The number of hydrogen-bond donors (Lipinski definition) is 1. The van der Waals surface area contributed by atoms with Crippen molar-refractivity contribution in [3.63, 3.8) is 0 Å². The minimum Gasteiger partial charge on any atom is -0.302 e. The van der Waals surface area contributed by atoms with Crippen LogP contribution in [0.5, 0.6) is 0 Å². The molecule has 5 heteroatoms. The van der Waals surface area contributed by atoms with E-state index < -0.39 is 7.82 Å². The van der Waals surface area contributed by atoms with Crippen molar-refractivity contribution in [3.05, 3.63) is 0 Å². The van der Waals surface area contributed by atoms with E-state index in [1.807, 2.05) is 0 Å². The van der Waals surface area contributed by atoms with Crippen molar-refractivity contribution in [2.45, 2.75) is 50.7 Å². The van der Waals surface area contributed by atoms with Gasteiger partial charge in [-0.15, -0.1) is 0 Å². The fraction of sp³-hybridized carbons (Fsp3) is 1.00. The molecule has 4 nitrogen and oxygen atoms in total. The lowest BCUT2D eigenvalue weighted by Gasteiger charge is -2.31. The van der Waals surface area contributed by atoms with Crippen LogP contribution in [0, 0.1) is 0 Å². The molecular weight excluding hydrogens is 191 g/mol. The number of hydrogen-bond acceptors (Lipinski definition) is 3. The van der Waals surface area contributed by atoms with Crippen LogP contribution in [0.2, 0.25) is 0 Å². The molecule has 0 unspecified atom stereocenters. The minimum atomic E-state index is -3.74. The van der Waals surface area contributed by atoms with Crippen molar-refractivity contribution in [1.29, 1.82) is 0 Å². The first kappa shape index (κ1) is 9.66. The highest BCUT2D eigenvalue weighted by molar-refractivity contribution is 7.47. The van der Waals surface area contributed by atoms with E-state index >= 15 is 0 Å². The van der Waals surface area contributed by atoms with Crippen molar-refractivity contribution < 1.29 is 18.5 Å². The highest BCUT2D eigenvalue weighted by atomic mass is 31.2. The van der Waals surface area contributed by atoms with E-state index in [4.69, 9.17) is 9.05 Å². The normalized spacial score (nSPS) is 25.3. The number of phosphoric ester groups is 1. The largest absolute Gasteiger partial charge is 0.472 e. The second-order valence-electron chi connectivity index (χ2n) is 3.79. The molecule has 0 aromatic rings. The average Bonchev–Trinajstić information content (AvgIpc) is 1.90. The maximum Gasteiger partial charge on any atom is 0.472 e. The van der Waals surface area contributed by atoms with E-state index in [-0.39, 0.29) is 12.2 Å². The van der Waals surface area contributed by atoms with Crippen molar-refractivity contribution in [1.82, 2.24) is 0 Å². The predicted octanol–water partition coefficient (Wildman–Crippen LogP) is 2.22. The Hall–Kier alpha value is 0.110. The lowest BCUT2D eigenvalue weighted by Crippen LogP contribution is -2.24. The van der Waals surface area contributed by atoms with Crippen molar-refractivity contribution in [2.75, 3.05) is 0 Å². The molecule has 0 aromatic heterocycles. The molecule has 0 heterocycles. The quantitative estimate of drug-likeness (QED) is 0.716. The van der Waals surface area contributed by atoms with Gasteiger partial charge in [-0.2, -0.15) is 0 Å². The van der Waals surface area contributed by atoms with E-state index in [0.717, 1.165) is 38.5 Å². The molecule has 2 saturated carbocycles. The van der Waals surface area contributed by atoms with Gasteiger partial charge < -0.3 is 4.89 Å². The average molecular weight is 206 g/mol. The Morgan fingerprint density at radius 1 is 1.00 bits per heavy atom. The minimum absolute atomic E-state index is 0.0455. The SMILES string of the molecule is O=P(O)(OC1CCC1)OC1CCC1. The van der Waals surface area contributed by atoms with E-state index in [1.165, 1.54) is 0 Å². The summed E-state index contributed by atoms with van der Waals surface area (Å²) in [5.41, 5.74) is 0. The molecule has 0 bridgehead atoms. The molecule has 76 valence electrons. The third-order valence-corrected chi connectivity index (χ3v) is 3.80. The summed E-state index contributed by atoms with van der Waals surface area (Å²) in [6.07, 6.45) is 5.64. The molecule has 13 heavy (non-hydrogen) atoms. The Morgan fingerprint density at radius 3 is 1.62 bits per heavy atom. The van der Waals surface area contributed by atoms with Gasteiger partial charge in [-0.3, -0.25) is 9.05 Å². The van der Waals surface area contributed by atoms with Gasteiger partial charge in [-0.05, 0) is 38.5 Å². The lowest BCUT2D eigenvalue weighted by molar-refractivity contribution is 0.0214. The Morgan fingerprint density at radius 2 is 1.38 bits per heavy atom. The van der Waals surface area contributed by atoms with Gasteiger partial charge >= 0.3 is 7.82 Å². The summed E-state index contributed by atoms with van der Waals surface area (Å²) in [4.78, 5) is 9.30. The van der Waals surface area contributed by atoms with Crippen LogP contribution >= 0.6 is 7.82 Å². The van der Waals surface area contributed by atoms with Gasteiger partial charge in [-0.1, -0.05) is 0 Å². The summed E-state index contributed by atoms with van der Waals surface area (Å²) < 4.78 is 21.3. The number of rotatable bonds is 4. The summed E-state index contributed by atoms with van der Waals surface area (Å²) in [5, 5.41) is 0. The molecule has 0 radical (unpaired) electrons. The van der Waals surface area contributed by atoms with Crippen LogP contribution in [0.1, 0.15) is 38.5 Å². The highest BCUT2D eigenvalue weighted by Gasteiger charge is 2.34. The van der Waals surface area contributed by atoms with Crippen molar-refractivity contribution in [2.24, 2.45) is 0 Å². The Labute approximate surface area is 77.9 Å². The zero-order valence-corrected chi connectivity index (χ0v) is 8.41. The van der Waals surface area contributed by atoms with Crippen LogP contribution in [0.25, 0.3) is 0 Å². The zero-order valence-electron chi connectivity index (χ0n) is 7.52. The van der Waals surface area contributed by atoms with Gasteiger partial charge in [0.25, 0.3) is 0 Å². The zero-order chi connectivity index (χ0) is 9.31. The fourth-order valence-electron chi connectivity index (χ4n) is 1.35. The van der Waals surface area contributed by atoms with E-state index in [0.29, 0.717) is 0 Å². The Balaban J connectivity index is 1.76. The molecule has 0 spiro atoms. The third-order valence-electron chi connectivity index (χ3n) is 2.67. The maximum absolute atomic E-state index is 11.3. The highest BCUT2D eigenvalue weighted by Crippen LogP contribution is 2.51. The van der Waals surface area contributed by atoms with Gasteiger partial charge in [0.15, 0.2) is 0 Å². The van der Waals surface area contributed by atoms with Crippen LogP contribution in [-0.4, -0.2) is 17.1 Å². The van der Waals surface area contributed by atoms with E-state index in [2.05, 4.69) is 0 Å². The van der Waals surface area contributed by atoms with Gasteiger partial charge in [0, 0.05) is 0 Å². The maximum atomic E-state index is 11.3. The molecule has 0 amide bonds. The molecule has 2 aliphatic rings. The number of phosphoric acid groups is 1. The first-order valence-electron chi connectivity index (χ1n) is 4.85. The van der Waals surface area contributed by atoms with E-state index in [1.54, 1.807) is 0 Å². The molecule has 2 rings (SSSR count). The first-order chi connectivity index (χ1) is 6.16. The Kier molecular flexibility index (Phi) is 2.75. The third kappa shape index (κ3) is 2.53. The summed E-state index contributed by atoms with van der Waals surface area (Å²) >= 11 is 0. The standard InChI is InChI=1S/C8H15O4P/c9-13(10,11-7-3-1-4-7)12-8-5-2-6-8/h7-8H,1-6H2,(H,9,10). The van der Waals surface area contributed by atoms with Crippen molar-refractivity contribution >= 4 is 7.82 Å². The van der Waals surface area contributed by atoms with Crippen LogP contribution in [0.15, 0.2) is 0 Å². The van der Waals surface area contributed by atoms with Gasteiger partial charge in [0.05, 0.1) is 12.2 Å². The smallest absolute Gasteiger partial charge is 0.302 e. The van der Waals surface area contributed by atoms with E-state index in [9.17, 15) is 9.46 Å². The molecule has 0 aliphatic heterocycles. The summed E-state index contributed by atoms with van der Waals surface area (Å²) in [6.45, 7) is 0. The summed E-state index contributed by atoms with van der Waals surface area (Å²) in [5.74, 6) is 0. The predicted molar refractivity (Wildman–Crippen MR) is 47.3 cm³/mol. The topological polar surface area (TPSA) is 55.8 Å². The van der Waals surface area contributed by atoms with Crippen LogP contribution < -0.4 is 0 Å². The van der Waals surface area contributed by atoms with Gasteiger partial charge in [0.2, 0.25) is 0 Å². The molecular formula is C8H15O4P. The molecule has 2 aliphatic carbocycles. The van der Waals surface area contributed by atoms with Crippen LogP contribution in [0.4, 0.5) is 0 Å². The van der Waals surface area contributed by atoms with Crippen molar-refractivity contribution in [3.8, 4) is 0 Å². The molecule has 0 saturated heterocycles. The molecule has 2 fully saturated rings. The fourth-order valence-corrected chi connectivity index (χ4v) is 2.58. The molecule has 0 aromatic carbocycles. The van der Waals surface area contributed by atoms with Crippen LogP contribution in [0.3, 0.4) is 0 Å². The monoisotopic (exact) mass is 206 g/mol. The van der Waals surface area contributed by atoms with Gasteiger partial charge in [-0.25, -0.2) is 4.57 Å². The Bertz CT molecular complexity index is 202. The second kappa shape index (κ2) is 3.70. The lowest BCUT2D eigenvalue weighted by atomic mass is 9.97. The van der Waals surface area contributed by atoms with Gasteiger partial charge in [0.1, 0.15) is 0 Å². The van der Waals surface area contributed by atoms with Crippen LogP contribution in [-0.2, 0) is 13.6 Å². The second-order valence-corrected chi connectivity index (χ2v) is 5.14. The first-order valence-corrected chi connectivity index (χ1v) is 6.35. The summed E-state index contributed by atoms with van der Waals surface area (Å²) in [6, 6.07) is 0. The molecule has 0 atom stereocenters.